The van der Waals surface area contributed by atoms with E-state index in [0.717, 1.165) is 23.1 Å². The van der Waals surface area contributed by atoms with Crippen LogP contribution in [0.2, 0.25) is 0 Å². The van der Waals surface area contributed by atoms with E-state index < -0.39 is 35.0 Å². The predicted molar refractivity (Wildman–Crippen MR) is 78.4 cm³/mol. The van der Waals surface area contributed by atoms with Crippen LogP contribution in [0.25, 0.3) is 0 Å². The van der Waals surface area contributed by atoms with Crippen molar-refractivity contribution in [2.75, 3.05) is 13.2 Å². The average molecular weight is 331 g/mol. The maximum atomic E-state index is 13.5. The van der Waals surface area contributed by atoms with Crippen LogP contribution in [-0.2, 0) is 4.74 Å². The summed E-state index contributed by atoms with van der Waals surface area (Å²) in [6.07, 6.45) is 0. The van der Waals surface area contributed by atoms with Crippen LogP contribution in [-0.4, -0.2) is 35.8 Å². The minimum atomic E-state index is -1.19. The first kappa shape index (κ1) is 15.8. The van der Waals surface area contributed by atoms with Gasteiger partial charge in [0.25, 0.3) is 11.8 Å². The van der Waals surface area contributed by atoms with E-state index in [9.17, 15) is 23.2 Å². The topological polar surface area (TPSA) is 63.7 Å². The molecule has 3 rings (SSSR count). The number of rotatable bonds is 4. The fourth-order valence-corrected chi connectivity index (χ4v) is 2.44. The second kappa shape index (κ2) is 6.19. The van der Waals surface area contributed by atoms with Crippen molar-refractivity contribution in [3.8, 4) is 0 Å². The van der Waals surface area contributed by atoms with Crippen LogP contribution in [0, 0.1) is 11.6 Å². The summed E-state index contributed by atoms with van der Waals surface area (Å²) in [4.78, 5) is 36.9. The van der Waals surface area contributed by atoms with Crippen molar-refractivity contribution in [1.82, 2.24) is 4.90 Å². The standard InChI is InChI=1S/C17H11F2NO4/c18-12-6-3-7-13(19)14(12)17(23)24-9-8-20-15(21)10-4-1-2-5-11(10)16(20)22/h1-7H,8-9H2. The molecule has 0 bridgehead atoms. The highest BCUT2D eigenvalue weighted by molar-refractivity contribution is 6.21. The van der Waals surface area contributed by atoms with Crippen LogP contribution in [0.5, 0.6) is 0 Å². The number of hydrogen-bond donors (Lipinski definition) is 0. The zero-order chi connectivity index (χ0) is 17.3. The lowest BCUT2D eigenvalue weighted by Gasteiger charge is -2.14. The lowest BCUT2D eigenvalue weighted by molar-refractivity contribution is 0.0412. The van der Waals surface area contributed by atoms with Crippen LogP contribution in [0.4, 0.5) is 8.78 Å². The number of carbonyl (C=O) groups excluding carboxylic acids is 3. The van der Waals surface area contributed by atoms with Crippen molar-refractivity contribution in [3.63, 3.8) is 0 Å². The minimum absolute atomic E-state index is 0.200. The second-order valence-electron chi connectivity index (χ2n) is 5.04. The summed E-state index contributed by atoms with van der Waals surface area (Å²) in [6, 6.07) is 9.31. The van der Waals surface area contributed by atoms with E-state index in [1.807, 2.05) is 0 Å². The van der Waals surface area contributed by atoms with Gasteiger partial charge in [0.15, 0.2) is 0 Å². The number of fused-ring (bicyclic) bond motifs is 1. The molecule has 2 aromatic rings. The van der Waals surface area contributed by atoms with Gasteiger partial charge in [0, 0.05) is 0 Å². The van der Waals surface area contributed by atoms with Gasteiger partial charge in [0.1, 0.15) is 23.8 Å². The first-order valence-corrected chi connectivity index (χ1v) is 7.07. The number of esters is 1. The quantitative estimate of drug-likeness (QED) is 0.637. The molecule has 1 aliphatic heterocycles. The smallest absolute Gasteiger partial charge is 0.344 e. The molecule has 122 valence electrons. The van der Waals surface area contributed by atoms with Gasteiger partial charge in [-0.2, -0.15) is 0 Å². The summed E-state index contributed by atoms with van der Waals surface area (Å²) in [6.45, 7) is -0.563. The van der Waals surface area contributed by atoms with Crippen LogP contribution >= 0.6 is 0 Å². The van der Waals surface area contributed by atoms with Gasteiger partial charge in [-0.05, 0) is 24.3 Å². The normalized spacial score (nSPS) is 13.2. The lowest BCUT2D eigenvalue weighted by atomic mass is 10.1. The molecule has 0 aliphatic carbocycles. The summed E-state index contributed by atoms with van der Waals surface area (Å²) >= 11 is 0. The number of hydrogen-bond acceptors (Lipinski definition) is 4. The summed E-state index contributed by atoms with van der Waals surface area (Å²) in [5.41, 5.74) is -0.261. The molecule has 0 aromatic heterocycles. The molecule has 0 fully saturated rings. The number of nitrogens with zero attached hydrogens (tertiary/aromatic N) is 1. The summed E-state index contributed by atoms with van der Waals surface area (Å²) < 4.78 is 31.7. The third kappa shape index (κ3) is 2.64. The van der Waals surface area contributed by atoms with E-state index in [1.54, 1.807) is 12.1 Å². The summed E-state index contributed by atoms with van der Waals surface area (Å²) in [5, 5.41) is 0. The van der Waals surface area contributed by atoms with Crippen molar-refractivity contribution in [3.05, 3.63) is 70.8 Å². The van der Waals surface area contributed by atoms with E-state index in [0.29, 0.717) is 0 Å². The van der Waals surface area contributed by atoms with E-state index in [2.05, 4.69) is 0 Å². The predicted octanol–water partition coefficient (Wildman–Crippen LogP) is 2.42. The van der Waals surface area contributed by atoms with Gasteiger partial charge < -0.3 is 4.74 Å². The minimum Gasteiger partial charge on any atom is -0.460 e. The number of imide groups is 1. The average Bonchev–Trinajstić information content (AvgIpc) is 2.80. The number of halogens is 2. The van der Waals surface area contributed by atoms with Gasteiger partial charge in [0.05, 0.1) is 17.7 Å². The fraction of sp³-hybridized carbons (Fsp3) is 0.118. The lowest BCUT2D eigenvalue weighted by Crippen LogP contribution is -2.33. The van der Waals surface area contributed by atoms with Gasteiger partial charge in [-0.25, -0.2) is 13.6 Å². The Hall–Kier alpha value is -3.09. The van der Waals surface area contributed by atoms with Crippen molar-refractivity contribution in [2.45, 2.75) is 0 Å². The first-order valence-electron chi connectivity index (χ1n) is 7.07. The zero-order valence-electron chi connectivity index (χ0n) is 12.3. The Labute approximate surface area is 135 Å². The second-order valence-corrected chi connectivity index (χ2v) is 5.04. The fourth-order valence-electron chi connectivity index (χ4n) is 2.44. The SMILES string of the molecule is O=C(OCCN1C(=O)c2ccccc2C1=O)c1c(F)cccc1F. The van der Waals surface area contributed by atoms with Gasteiger partial charge in [-0.3, -0.25) is 14.5 Å². The Morgan fingerprint density at radius 3 is 2.00 bits per heavy atom. The van der Waals surface area contributed by atoms with Gasteiger partial charge in [-0.15, -0.1) is 0 Å². The summed E-state index contributed by atoms with van der Waals surface area (Å²) in [5.74, 6) is -4.27. The largest absolute Gasteiger partial charge is 0.460 e. The highest BCUT2D eigenvalue weighted by Crippen LogP contribution is 2.22. The Morgan fingerprint density at radius 1 is 0.917 bits per heavy atom. The van der Waals surface area contributed by atoms with Crippen molar-refractivity contribution in [2.24, 2.45) is 0 Å². The van der Waals surface area contributed by atoms with E-state index in [4.69, 9.17) is 4.74 Å². The molecular formula is C17H11F2NO4. The van der Waals surface area contributed by atoms with Crippen LogP contribution in [0.3, 0.4) is 0 Å². The van der Waals surface area contributed by atoms with Gasteiger partial charge in [0.2, 0.25) is 0 Å². The number of ether oxygens (including phenoxy) is 1. The molecule has 0 radical (unpaired) electrons. The molecule has 0 saturated carbocycles. The van der Waals surface area contributed by atoms with E-state index in [-0.39, 0.29) is 24.3 Å². The van der Waals surface area contributed by atoms with Gasteiger partial charge >= 0.3 is 5.97 Å². The molecule has 7 heteroatoms. The third-order valence-electron chi connectivity index (χ3n) is 3.59. The molecule has 0 unspecified atom stereocenters. The monoisotopic (exact) mass is 331 g/mol. The van der Waals surface area contributed by atoms with Gasteiger partial charge in [-0.1, -0.05) is 18.2 Å². The molecule has 2 aromatic carbocycles. The van der Waals surface area contributed by atoms with Crippen molar-refractivity contribution >= 4 is 17.8 Å². The molecule has 24 heavy (non-hydrogen) atoms. The molecule has 0 N–H and O–H groups in total. The number of carbonyl (C=O) groups is 3. The summed E-state index contributed by atoms with van der Waals surface area (Å²) in [7, 11) is 0. The van der Waals surface area contributed by atoms with Crippen molar-refractivity contribution < 1.29 is 27.9 Å². The maximum Gasteiger partial charge on any atom is 0.344 e. The Morgan fingerprint density at radius 2 is 1.46 bits per heavy atom. The molecule has 0 saturated heterocycles. The molecular weight excluding hydrogens is 320 g/mol. The maximum absolute atomic E-state index is 13.5. The van der Waals surface area contributed by atoms with Crippen LogP contribution < -0.4 is 0 Å². The Bertz CT molecular complexity index is 795. The van der Waals surface area contributed by atoms with Crippen LogP contribution in [0.15, 0.2) is 42.5 Å². The third-order valence-corrected chi connectivity index (χ3v) is 3.59. The molecule has 5 nitrogen and oxygen atoms in total. The van der Waals surface area contributed by atoms with Crippen molar-refractivity contribution in [1.29, 1.82) is 0 Å². The molecule has 1 aliphatic rings. The zero-order valence-corrected chi connectivity index (χ0v) is 12.3. The van der Waals surface area contributed by atoms with Crippen LogP contribution in [0.1, 0.15) is 31.1 Å². The number of amides is 2. The highest BCUT2D eigenvalue weighted by atomic mass is 19.1. The molecule has 0 spiro atoms. The molecule has 2 amide bonds. The highest BCUT2D eigenvalue weighted by Gasteiger charge is 2.35. The molecule has 1 heterocycles. The molecule has 0 atom stereocenters. The van der Waals surface area contributed by atoms with E-state index >= 15 is 0 Å². The Balaban J connectivity index is 1.65. The Kier molecular flexibility index (Phi) is 4.07. The number of benzene rings is 2. The van der Waals surface area contributed by atoms with E-state index in [1.165, 1.54) is 12.1 Å². The first-order chi connectivity index (χ1) is 11.5.